The van der Waals surface area contributed by atoms with Crippen molar-refractivity contribution in [2.45, 2.75) is 6.42 Å². The van der Waals surface area contributed by atoms with E-state index in [4.69, 9.17) is 4.74 Å². The summed E-state index contributed by atoms with van der Waals surface area (Å²) in [6, 6.07) is 2.80. The van der Waals surface area contributed by atoms with Crippen LogP contribution >= 0.6 is 15.9 Å². The Hall–Kier alpha value is -0.900. The Morgan fingerprint density at radius 3 is 2.85 bits per heavy atom. The molecular formula is C9H8BrFO2. The van der Waals surface area contributed by atoms with E-state index in [0.29, 0.717) is 22.1 Å². The molecule has 0 saturated carbocycles. The number of aldehydes is 1. The van der Waals surface area contributed by atoms with Crippen LogP contribution in [0, 0.1) is 5.82 Å². The standard InChI is InChI=1S/C9H8BrFO2/c1-13-9-5-7(10)8(11)4-6(9)2-3-12/h3-5H,2H2,1H3. The second kappa shape index (κ2) is 4.37. The average Bonchev–Trinajstić information content (AvgIpc) is 2.11. The molecule has 0 atom stereocenters. The molecule has 2 nitrogen and oxygen atoms in total. The van der Waals surface area contributed by atoms with Gasteiger partial charge in [-0.15, -0.1) is 0 Å². The molecular weight excluding hydrogens is 239 g/mol. The van der Waals surface area contributed by atoms with Crippen molar-refractivity contribution < 1.29 is 13.9 Å². The Morgan fingerprint density at radius 2 is 2.31 bits per heavy atom. The third-order valence-corrected chi connectivity index (χ3v) is 2.23. The lowest BCUT2D eigenvalue weighted by Crippen LogP contribution is -1.95. The lowest BCUT2D eigenvalue weighted by molar-refractivity contribution is -0.107. The minimum atomic E-state index is -0.391. The summed E-state index contributed by atoms with van der Waals surface area (Å²) in [6.07, 6.45) is 0.874. The van der Waals surface area contributed by atoms with Gasteiger partial charge in [0, 0.05) is 12.0 Å². The number of ether oxygens (including phenoxy) is 1. The number of methoxy groups -OCH3 is 1. The van der Waals surface area contributed by atoms with Crippen LogP contribution in [0.15, 0.2) is 16.6 Å². The molecule has 1 aromatic rings. The highest BCUT2D eigenvalue weighted by Crippen LogP contribution is 2.26. The Labute approximate surface area is 83.8 Å². The highest BCUT2D eigenvalue weighted by molar-refractivity contribution is 9.10. The molecule has 13 heavy (non-hydrogen) atoms. The van der Waals surface area contributed by atoms with Crippen molar-refractivity contribution in [1.82, 2.24) is 0 Å². The topological polar surface area (TPSA) is 26.3 Å². The molecule has 0 aliphatic carbocycles. The van der Waals surface area contributed by atoms with Gasteiger partial charge in [0.2, 0.25) is 0 Å². The SMILES string of the molecule is COc1cc(Br)c(F)cc1CC=O. The second-order valence-electron chi connectivity index (χ2n) is 2.45. The van der Waals surface area contributed by atoms with Crippen molar-refractivity contribution in [3.8, 4) is 5.75 Å². The zero-order valence-electron chi connectivity index (χ0n) is 7.01. The predicted octanol–water partition coefficient (Wildman–Crippen LogP) is 2.34. The van der Waals surface area contributed by atoms with E-state index in [1.165, 1.54) is 19.2 Å². The van der Waals surface area contributed by atoms with Gasteiger partial charge >= 0.3 is 0 Å². The Bertz CT molecular complexity index is 326. The molecule has 0 aliphatic rings. The van der Waals surface area contributed by atoms with E-state index < -0.39 is 5.82 Å². The minimum Gasteiger partial charge on any atom is -0.496 e. The van der Waals surface area contributed by atoms with Gasteiger partial charge in [0.1, 0.15) is 17.9 Å². The largest absolute Gasteiger partial charge is 0.496 e. The molecule has 0 fully saturated rings. The number of carbonyl (C=O) groups is 1. The van der Waals surface area contributed by atoms with Crippen molar-refractivity contribution in [3.63, 3.8) is 0 Å². The average molecular weight is 247 g/mol. The molecule has 1 rings (SSSR count). The van der Waals surface area contributed by atoms with E-state index in [-0.39, 0.29) is 6.42 Å². The van der Waals surface area contributed by atoms with Crippen molar-refractivity contribution >= 4 is 22.2 Å². The molecule has 1 aromatic carbocycles. The molecule has 0 heterocycles. The molecule has 4 heteroatoms. The molecule has 0 spiro atoms. The van der Waals surface area contributed by atoms with Gasteiger partial charge in [-0.25, -0.2) is 4.39 Å². The van der Waals surface area contributed by atoms with Gasteiger partial charge in [0.25, 0.3) is 0 Å². The predicted molar refractivity (Wildman–Crippen MR) is 50.4 cm³/mol. The summed E-state index contributed by atoms with van der Waals surface area (Å²) < 4.78 is 18.3. The quantitative estimate of drug-likeness (QED) is 0.766. The van der Waals surface area contributed by atoms with Crippen LogP contribution in [0.25, 0.3) is 0 Å². The van der Waals surface area contributed by atoms with Gasteiger partial charge in [0.05, 0.1) is 11.6 Å². The van der Waals surface area contributed by atoms with Gasteiger partial charge in [-0.3, -0.25) is 0 Å². The van der Waals surface area contributed by atoms with Crippen LogP contribution in [0.1, 0.15) is 5.56 Å². The van der Waals surface area contributed by atoms with E-state index in [1.54, 1.807) is 0 Å². The minimum absolute atomic E-state index is 0.160. The zero-order chi connectivity index (χ0) is 9.84. The summed E-state index contributed by atoms with van der Waals surface area (Å²) in [7, 11) is 1.48. The van der Waals surface area contributed by atoms with E-state index >= 15 is 0 Å². The maximum atomic E-state index is 13.0. The van der Waals surface area contributed by atoms with E-state index in [9.17, 15) is 9.18 Å². The smallest absolute Gasteiger partial charge is 0.137 e. The monoisotopic (exact) mass is 246 g/mol. The molecule has 0 aromatic heterocycles. The first kappa shape index (κ1) is 10.2. The van der Waals surface area contributed by atoms with Crippen LogP contribution in [0.4, 0.5) is 4.39 Å². The summed E-state index contributed by atoms with van der Waals surface area (Å²) >= 11 is 3.03. The Balaban J connectivity index is 3.15. The van der Waals surface area contributed by atoms with Gasteiger partial charge in [0.15, 0.2) is 0 Å². The van der Waals surface area contributed by atoms with Crippen LogP contribution in [-0.2, 0) is 11.2 Å². The fraction of sp³-hybridized carbons (Fsp3) is 0.222. The van der Waals surface area contributed by atoms with Crippen LogP contribution in [0.2, 0.25) is 0 Å². The molecule has 0 aliphatic heterocycles. The van der Waals surface area contributed by atoms with Crippen LogP contribution < -0.4 is 4.74 Å². The fourth-order valence-corrected chi connectivity index (χ4v) is 1.33. The summed E-state index contributed by atoms with van der Waals surface area (Å²) in [6.45, 7) is 0. The van der Waals surface area contributed by atoms with Crippen molar-refractivity contribution in [2.75, 3.05) is 7.11 Å². The maximum absolute atomic E-state index is 13.0. The number of rotatable bonds is 3. The molecule has 70 valence electrons. The van der Waals surface area contributed by atoms with Crippen LogP contribution in [-0.4, -0.2) is 13.4 Å². The molecule has 0 amide bonds. The second-order valence-corrected chi connectivity index (χ2v) is 3.30. The summed E-state index contributed by atoms with van der Waals surface area (Å²) in [5.74, 6) is 0.123. The third-order valence-electron chi connectivity index (χ3n) is 1.63. The van der Waals surface area contributed by atoms with Crippen LogP contribution in [0.5, 0.6) is 5.75 Å². The Morgan fingerprint density at radius 1 is 1.62 bits per heavy atom. The van der Waals surface area contributed by atoms with Crippen molar-refractivity contribution in [3.05, 3.63) is 28.0 Å². The summed E-state index contributed by atoms with van der Waals surface area (Å²) in [5.41, 5.74) is 0.554. The molecule has 0 radical (unpaired) electrons. The summed E-state index contributed by atoms with van der Waals surface area (Å²) in [5, 5.41) is 0. The van der Waals surface area contributed by atoms with Gasteiger partial charge in [-0.05, 0) is 28.1 Å². The Kier molecular flexibility index (Phi) is 3.42. The first-order valence-electron chi connectivity index (χ1n) is 3.64. The number of carbonyl (C=O) groups excluding carboxylic acids is 1. The van der Waals surface area contributed by atoms with E-state index in [1.807, 2.05) is 0 Å². The van der Waals surface area contributed by atoms with Crippen LogP contribution in [0.3, 0.4) is 0 Å². The lowest BCUT2D eigenvalue weighted by atomic mass is 10.1. The molecule has 0 N–H and O–H groups in total. The summed E-state index contributed by atoms with van der Waals surface area (Å²) in [4.78, 5) is 10.2. The number of hydrogen-bond donors (Lipinski definition) is 0. The number of hydrogen-bond acceptors (Lipinski definition) is 2. The third kappa shape index (κ3) is 2.28. The highest BCUT2D eigenvalue weighted by atomic mass is 79.9. The maximum Gasteiger partial charge on any atom is 0.137 e. The number of benzene rings is 1. The van der Waals surface area contributed by atoms with E-state index in [2.05, 4.69) is 15.9 Å². The van der Waals surface area contributed by atoms with Gasteiger partial charge in [-0.1, -0.05) is 0 Å². The van der Waals surface area contributed by atoms with Gasteiger partial charge < -0.3 is 9.53 Å². The van der Waals surface area contributed by atoms with Crippen molar-refractivity contribution in [2.24, 2.45) is 0 Å². The highest BCUT2D eigenvalue weighted by Gasteiger charge is 2.07. The molecule has 0 saturated heterocycles. The normalized spacial score (nSPS) is 9.77. The van der Waals surface area contributed by atoms with Gasteiger partial charge in [-0.2, -0.15) is 0 Å². The number of halogens is 2. The first-order valence-corrected chi connectivity index (χ1v) is 4.44. The first-order chi connectivity index (χ1) is 6.19. The lowest BCUT2D eigenvalue weighted by Gasteiger charge is -2.06. The van der Waals surface area contributed by atoms with E-state index in [0.717, 1.165) is 0 Å². The van der Waals surface area contributed by atoms with Crippen molar-refractivity contribution in [1.29, 1.82) is 0 Å². The molecule has 0 bridgehead atoms. The fourth-order valence-electron chi connectivity index (χ4n) is 1.01. The zero-order valence-corrected chi connectivity index (χ0v) is 8.60. The molecule has 0 unspecified atom stereocenters.